The average Bonchev–Trinajstić information content (AvgIpc) is 2.67. The van der Waals surface area contributed by atoms with Gasteiger partial charge in [-0.2, -0.15) is 4.98 Å². The van der Waals surface area contributed by atoms with Crippen LogP contribution in [0, 0.1) is 0 Å². The molecular weight excluding hydrogens is 254 g/mol. The normalized spacial score (nSPS) is 48.1. The molecule has 1 saturated heterocycles. The van der Waals surface area contributed by atoms with Gasteiger partial charge in [-0.1, -0.05) is 0 Å². The van der Waals surface area contributed by atoms with Gasteiger partial charge in [-0.05, 0) is 19.9 Å². The summed E-state index contributed by atoms with van der Waals surface area (Å²) in [5, 5.41) is 30.5. The smallest absolute Gasteiger partial charge is 0.351 e. The third-order valence-corrected chi connectivity index (χ3v) is 4.30. The van der Waals surface area contributed by atoms with Crippen molar-refractivity contribution in [2.45, 2.75) is 43.0 Å². The molecule has 8 heteroatoms. The topological polar surface area (TPSA) is 131 Å². The molecule has 1 saturated carbocycles. The van der Waals surface area contributed by atoms with Crippen LogP contribution in [0.2, 0.25) is 0 Å². The Bertz CT molecular complexity index is 615. The molecule has 8 nitrogen and oxygen atoms in total. The molecule has 1 aromatic rings. The second-order valence-corrected chi connectivity index (χ2v) is 5.44. The highest BCUT2D eigenvalue weighted by Crippen LogP contribution is 2.66. The van der Waals surface area contributed by atoms with Crippen LogP contribution in [0.1, 0.15) is 20.1 Å². The van der Waals surface area contributed by atoms with Gasteiger partial charge in [0.2, 0.25) is 0 Å². The summed E-state index contributed by atoms with van der Waals surface area (Å²) in [5.74, 6) is 0.0500. The zero-order valence-corrected chi connectivity index (χ0v) is 10.4. The second kappa shape index (κ2) is 3.15. The number of ether oxygens (including phenoxy) is 1. The quantitative estimate of drug-likeness (QED) is 0.462. The Morgan fingerprint density at radius 1 is 1.47 bits per heavy atom. The number of aromatic nitrogens is 2. The number of fused-ring (bicyclic) bond motifs is 1. The molecule has 2 aliphatic rings. The van der Waals surface area contributed by atoms with E-state index in [9.17, 15) is 20.1 Å². The minimum atomic E-state index is -1.83. The number of nitrogen functional groups attached to an aromatic ring is 1. The number of aliphatic hydroxyl groups excluding tert-OH is 1. The molecule has 5 atom stereocenters. The summed E-state index contributed by atoms with van der Waals surface area (Å²) in [7, 11) is 0. The van der Waals surface area contributed by atoms with E-state index in [0.29, 0.717) is 0 Å². The van der Waals surface area contributed by atoms with Crippen molar-refractivity contribution < 1.29 is 20.1 Å². The zero-order valence-electron chi connectivity index (χ0n) is 10.4. The summed E-state index contributed by atoms with van der Waals surface area (Å²) < 4.78 is 6.53. The van der Waals surface area contributed by atoms with Crippen LogP contribution in [0.5, 0.6) is 0 Å². The first-order chi connectivity index (χ1) is 8.66. The van der Waals surface area contributed by atoms with Crippen molar-refractivity contribution in [3.8, 4) is 0 Å². The van der Waals surface area contributed by atoms with E-state index in [1.807, 2.05) is 0 Å². The van der Waals surface area contributed by atoms with Crippen LogP contribution < -0.4 is 11.4 Å². The van der Waals surface area contributed by atoms with Crippen LogP contribution in [0.3, 0.4) is 0 Å². The number of aliphatic hydroxyl groups is 3. The number of nitrogens with zero attached hydrogens (tertiary/aromatic N) is 2. The van der Waals surface area contributed by atoms with Gasteiger partial charge in [0, 0.05) is 6.20 Å². The summed E-state index contributed by atoms with van der Waals surface area (Å²) in [6.07, 6.45) is -1.02. The van der Waals surface area contributed by atoms with Crippen molar-refractivity contribution in [2.75, 3.05) is 5.73 Å². The summed E-state index contributed by atoms with van der Waals surface area (Å²) in [6.45, 7) is 2.78. The van der Waals surface area contributed by atoms with Gasteiger partial charge in [-0.25, -0.2) is 4.79 Å². The Morgan fingerprint density at radius 3 is 2.58 bits per heavy atom. The Balaban J connectivity index is 2.08. The first-order valence-electron chi connectivity index (χ1n) is 5.81. The van der Waals surface area contributed by atoms with E-state index >= 15 is 0 Å². The van der Waals surface area contributed by atoms with Gasteiger partial charge in [0.15, 0.2) is 11.8 Å². The minimum Gasteiger partial charge on any atom is -0.387 e. The molecular formula is C11H15N3O5. The number of nitrogens with two attached hydrogens (primary N) is 1. The Labute approximate surface area is 108 Å². The molecule has 5 unspecified atom stereocenters. The van der Waals surface area contributed by atoms with E-state index in [1.54, 1.807) is 0 Å². The third-order valence-electron chi connectivity index (χ3n) is 4.30. The highest BCUT2D eigenvalue weighted by atomic mass is 16.6. The fourth-order valence-corrected chi connectivity index (χ4v) is 2.95. The van der Waals surface area contributed by atoms with Crippen LogP contribution in [-0.4, -0.2) is 47.8 Å². The van der Waals surface area contributed by atoms with E-state index < -0.39 is 34.8 Å². The molecule has 2 heterocycles. The summed E-state index contributed by atoms with van der Waals surface area (Å²) >= 11 is 0. The predicted molar refractivity (Wildman–Crippen MR) is 63.0 cm³/mol. The molecule has 0 aromatic carbocycles. The van der Waals surface area contributed by atoms with Crippen LogP contribution in [0.4, 0.5) is 5.82 Å². The van der Waals surface area contributed by atoms with Gasteiger partial charge in [0.25, 0.3) is 0 Å². The van der Waals surface area contributed by atoms with Gasteiger partial charge in [-0.15, -0.1) is 0 Å². The molecule has 2 fully saturated rings. The molecule has 1 aromatic heterocycles. The standard InChI is InChI=1S/C11H15N3O5/c1-9(17)7(14-4-3-5(12)13-8(14)16)19-10(2)6(15)11(9,10)18/h3-4,6-7,15,17-18H,1-2H3,(H2,12,13,16). The molecule has 0 radical (unpaired) electrons. The van der Waals surface area contributed by atoms with Crippen LogP contribution in [-0.2, 0) is 4.74 Å². The van der Waals surface area contributed by atoms with Crippen molar-refractivity contribution >= 4 is 5.82 Å². The monoisotopic (exact) mass is 269 g/mol. The summed E-state index contributed by atoms with van der Waals surface area (Å²) in [4.78, 5) is 15.3. The number of hydrogen-bond donors (Lipinski definition) is 4. The molecule has 0 amide bonds. The van der Waals surface area contributed by atoms with Gasteiger partial charge in [0.05, 0.1) is 0 Å². The average molecular weight is 269 g/mol. The third kappa shape index (κ3) is 1.17. The maximum atomic E-state index is 11.8. The maximum absolute atomic E-state index is 11.8. The molecule has 0 spiro atoms. The van der Waals surface area contributed by atoms with Crippen molar-refractivity contribution in [2.24, 2.45) is 0 Å². The molecule has 5 N–H and O–H groups in total. The van der Waals surface area contributed by atoms with E-state index in [1.165, 1.54) is 26.1 Å². The molecule has 1 aliphatic heterocycles. The lowest BCUT2D eigenvalue weighted by molar-refractivity contribution is -0.165. The van der Waals surface area contributed by atoms with Crippen molar-refractivity contribution in [3.63, 3.8) is 0 Å². The Morgan fingerprint density at radius 2 is 2.11 bits per heavy atom. The van der Waals surface area contributed by atoms with Gasteiger partial charge in [0.1, 0.15) is 23.1 Å². The largest absolute Gasteiger partial charge is 0.387 e. The van der Waals surface area contributed by atoms with Crippen LogP contribution >= 0.6 is 0 Å². The summed E-state index contributed by atoms with van der Waals surface area (Å²) in [6, 6.07) is 1.38. The highest BCUT2D eigenvalue weighted by Gasteiger charge is 2.89. The number of rotatable bonds is 1. The lowest BCUT2D eigenvalue weighted by atomic mass is 9.94. The summed E-state index contributed by atoms with van der Waals surface area (Å²) in [5.41, 5.74) is -0.262. The number of anilines is 1. The molecule has 104 valence electrons. The van der Waals surface area contributed by atoms with Crippen molar-refractivity contribution in [1.82, 2.24) is 9.55 Å². The molecule has 1 aliphatic carbocycles. The van der Waals surface area contributed by atoms with E-state index in [0.717, 1.165) is 4.57 Å². The highest BCUT2D eigenvalue weighted by molar-refractivity contribution is 5.37. The Hall–Kier alpha value is -1.48. The van der Waals surface area contributed by atoms with Crippen molar-refractivity contribution in [1.29, 1.82) is 0 Å². The number of hydrogen-bond acceptors (Lipinski definition) is 7. The molecule has 19 heavy (non-hydrogen) atoms. The van der Waals surface area contributed by atoms with Crippen molar-refractivity contribution in [3.05, 3.63) is 22.7 Å². The second-order valence-electron chi connectivity index (χ2n) is 5.44. The fraction of sp³-hybridized carbons (Fsp3) is 0.636. The minimum absolute atomic E-state index is 0.0500. The SMILES string of the molecule is CC1(O)C(n2ccc(N)nc2=O)OC2(C)C(O)C12O. The lowest BCUT2D eigenvalue weighted by Gasteiger charge is -2.32. The molecule has 0 bridgehead atoms. The van der Waals surface area contributed by atoms with Gasteiger partial charge >= 0.3 is 5.69 Å². The predicted octanol–water partition coefficient (Wildman–Crippen LogP) is -2.03. The lowest BCUT2D eigenvalue weighted by Crippen LogP contribution is -2.50. The van der Waals surface area contributed by atoms with E-state index in [-0.39, 0.29) is 5.82 Å². The molecule has 3 rings (SSSR count). The fourth-order valence-electron chi connectivity index (χ4n) is 2.95. The van der Waals surface area contributed by atoms with Crippen LogP contribution in [0.25, 0.3) is 0 Å². The van der Waals surface area contributed by atoms with E-state index in [4.69, 9.17) is 10.5 Å². The zero-order chi connectivity index (χ0) is 14.2. The van der Waals surface area contributed by atoms with Gasteiger partial charge in [-0.3, -0.25) is 4.57 Å². The van der Waals surface area contributed by atoms with Gasteiger partial charge < -0.3 is 25.8 Å². The first-order valence-corrected chi connectivity index (χ1v) is 5.81. The van der Waals surface area contributed by atoms with Crippen LogP contribution in [0.15, 0.2) is 17.1 Å². The van der Waals surface area contributed by atoms with E-state index in [2.05, 4.69) is 4.98 Å². The Kier molecular flexibility index (Phi) is 2.08. The maximum Gasteiger partial charge on any atom is 0.351 e. The first kappa shape index (κ1) is 12.5.